The van der Waals surface area contributed by atoms with Gasteiger partial charge in [0.25, 0.3) is 5.91 Å². The van der Waals surface area contributed by atoms with E-state index in [0.717, 1.165) is 55.7 Å². The molecule has 1 fully saturated rings. The van der Waals surface area contributed by atoms with E-state index in [1.807, 2.05) is 42.8 Å². The van der Waals surface area contributed by atoms with Crippen molar-refractivity contribution in [3.8, 4) is 0 Å². The van der Waals surface area contributed by atoms with Crippen molar-refractivity contribution in [2.24, 2.45) is 4.99 Å². The van der Waals surface area contributed by atoms with Crippen LogP contribution in [0.25, 0.3) is 0 Å². The minimum absolute atomic E-state index is 0.0281. The van der Waals surface area contributed by atoms with Crippen LogP contribution in [0.15, 0.2) is 47.1 Å². The van der Waals surface area contributed by atoms with E-state index < -0.39 is 5.97 Å². The summed E-state index contributed by atoms with van der Waals surface area (Å²) in [7, 11) is 1.91. The van der Waals surface area contributed by atoms with E-state index in [1.54, 1.807) is 6.20 Å². The maximum Gasteiger partial charge on any atom is 0.338 e. The van der Waals surface area contributed by atoms with Crippen LogP contribution in [0.3, 0.4) is 0 Å². The molecule has 1 aliphatic carbocycles. The molecule has 36 heavy (non-hydrogen) atoms. The first-order valence-electron chi connectivity index (χ1n) is 12.6. The highest BCUT2D eigenvalue weighted by molar-refractivity contribution is 6.08. The number of amides is 1. The predicted octanol–water partition coefficient (Wildman–Crippen LogP) is 3.74. The van der Waals surface area contributed by atoms with Gasteiger partial charge >= 0.3 is 5.97 Å². The zero-order chi connectivity index (χ0) is 25.4. The maximum absolute atomic E-state index is 13.5. The number of carboxylic acid groups (broad SMARTS) is 1. The molecule has 8 nitrogen and oxygen atoms in total. The molecule has 0 saturated carbocycles. The lowest BCUT2D eigenvalue weighted by Gasteiger charge is -2.38. The van der Waals surface area contributed by atoms with Gasteiger partial charge < -0.3 is 19.8 Å². The van der Waals surface area contributed by atoms with Gasteiger partial charge in [0, 0.05) is 61.2 Å². The Morgan fingerprint density at radius 3 is 2.47 bits per heavy atom. The van der Waals surface area contributed by atoms with Gasteiger partial charge in [-0.25, -0.2) is 4.79 Å². The van der Waals surface area contributed by atoms with Crippen LogP contribution in [-0.4, -0.2) is 70.8 Å². The Labute approximate surface area is 211 Å². The number of rotatable bonds is 5. The van der Waals surface area contributed by atoms with Crippen LogP contribution in [0.1, 0.15) is 58.2 Å². The van der Waals surface area contributed by atoms with Gasteiger partial charge in [0.2, 0.25) is 0 Å². The molecule has 188 valence electrons. The summed E-state index contributed by atoms with van der Waals surface area (Å²) >= 11 is 0. The highest BCUT2D eigenvalue weighted by Crippen LogP contribution is 2.37. The number of hydrogen-bond acceptors (Lipinski definition) is 6. The molecule has 0 bridgehead atoms. The number of aryl methyl sites for hydroxylation is 3. The quantitative estimate of drug-likeness (QED) is 0.691. The lowest BCUT2D eigenvalue weighted by Crippen LogP contribution is -2.45. The standard InChI is InChI=1S/C28H33N5O3/c1-18-12-24(13-19(2)30-18)32-10-8-23(9-11-32)31(3)27(34)21-5-4-20-6-7-26(25(20)14-21)33-16-22(28(35)36)15-29-17-33/h4-5,12-16,23,26H,6-11,17H2,1-3H3,(H,35,36). The van der Waals surface area contributed by atoms with Crippen molar-refractivity contribution in [3.05, 3.63) is 70.2 Å². The van der Waals surface area contributed by atoms with Crippen LogP contribution in [0.4, 0.5) is 5.69 Å². The second-order valence-electron chi connectivity index (χ2n) is 10.1. The SMILES string of the molecule is Cc1cc(N2CCC(N(C)C(=O)c3ccc4c(c3)C(N3C=C(C(=O)O)C=NC3)CC4)CC2)cc(C)n1. The molecule has 1 aromatic heterocycles. The lowest BCUT2D eigenvalue weighted by atomic mass is 9.99. The first kappa shape index (κ1) is 24.0. The summed E-state index contributed by atoms with van der Waals surface area (Å²) in [6.45, 7) is 6.29. The van der Waals surface area contributed by atoms with E-state index >= 15 is 0 Å². The molecule has 1 atom stereocenters. The third kappa shape index (κ3) is 4.72. The fourth-order valence-electron chi connectivity index (χ4n) is 5.72. The number of benzene rings is 1. The molecule has 3 heterocycles. The molecule has 2 aliphatic heterocycles. The second kappa shape index (κ2) is 9.76. The number of aliphatic carboxylic acids is 1. The maximum atomic E-state index is 13.5. The average Bonchev–Trinajstić information content (AvgIpc) is 3.31. The number of aromatic nitrogens is 1. The van der Waals surface area contributed by atoms with Crippen molar-refractivity contribution in [1.29, 1.82) is 0 Å². The number of carbonyl (C=O) groups is 2. The minimum atomic E-state index is -0.979. The van der Waals surface area contributed by atoms with Crippen LogP contribution in [0.5, 0.6) is 0 Å². The first-order chi connectivity index (χ1) is 17.3. The molecule has 2 aromatic rings. The van der Waals surface area contributed by atoms with Crippen molar-refractivity contribution < 1.29 is 14.7 Å². The summed E-state index contributed by atoms with van der Waals surface area (Å²) in [6.07, 6.45) is 6.72. The summed E-state index contributed by atoms with van der Waals surface area (Å²) in [4.78, 5) is 39.9. The van der Waals surface area contributed by atoms with E-state index in [1.165, 1.54) is 17.5 Å². The molecular weight excluding hydrogens is 454 g/mol. The van der Waals surface area contributed by atoms with Crippen molar-refractivity contribution in [1.82, 2.24) is 14.8 Å². The zero-order valence-corrected chi connectivity index (χ0v) is 21.1. The average molecular weight is 488 g/mol. The number of carbonyl (C=O) groups excluding carboxylic acids is 1. The summed E-state index contributed by atoms with van der Waals surface area (Å²) < 4.78 is 0. The van der Waals surface area contributed by atoms with E-state index in [0.29, 0.717) is 12.2 Å². The molecule has 5 rings (SSSR count). The van der Waals surface area contributed by atoms with Crippen molar-refractivity contribution >= 4 is 23.8 Å². The number of aliphatic imine (C=N–C) groups is 1. The summed E-state index contributed by atoms with van der Waals surface area (Å²) in [5.74, 6) is -0.941. The Morgan fingerprint density at radius 2 is 1.78 bits per heavy atom. The van der Waals surface area contributed by atoms with Gasteiger partial charge in [0.1, 0.15) is 6.67 Å². The van der Waals surface area contributed by atoms with Gasteiger partial charge in [-0.2, -0.15) is 0 Å². The Kier molecular flexibility index (Phi) is 6.51. The lowest BCUT2D eigenvalue weighted by molar-refractivity contribution is -0.132. The largest absolute Gasteiger partial charge is 0.478 e. The van der Waals surface area contributed by atoms with Crippen molar-refractivity contribution in [2.75, 3.05) is 31.7 Å². The van der Waals surface area contributed by atoms with Gasteiger partial charge in [0.05, 0.1) is 11.6 Å². The molecule has 1 aromatic carbocycles. The van der Waals surface area contributed by atoms with Crippen molar-refractivity contribution in [3.63, 3.8) is 0 Å². The molecule has 1 unspecified atom stereocenters. The number of pyridine rings is 1. The Morgan fingerprint density at radius 1 is 1.06 bits per heavy atom. The highest BCUT2D eigenvalue weighted by atomic mass is 16.4. The monoisotopic (exact) mass is 487 g/mol. The molecule has 0 spiro atoms. The third-order valence-electron chi connectivity index (χ3n) is 7.63. The number of carboxylic acids is 1. The number of anilines is 1. The number of piperidine rings is 1. The van der Waals surface area contributed by atoms with Gasteiger partial charge in [-0.05, 0) is 74.9 Å². The number of hydrogen-bond donors (Lipinski definition) is 1. The Bertz CT molecular complexity index is 1230. The normalized spacial score (nSPS) is 19.8. The highest BCUT2D eigenvalue weighted by Gasteiger charge is 2.31. The first-order valence-corrected chi connectivity index (χ1v) is 12.6. The Hall–Kier alpha value is -3.68. The fraction of sp³-hybridized carbons (Fsp3) is 0.429. The second-order valence-corrected chi connectivity index (χ2v) is 10.1. The molecule has 1 amide bonds. The van der Waals surface area contributed by atoms with Gasteiger partial charge in [-0.15, -0.1) is 0 Å². The van der Waals surface area contributed by atoms with Crippen molar-refractivity contribution in [2.45, 2.75) is 51.6 Å². The van der Waals surface area contributed by atoms with Crippen LogP contribution >= 0.6 is 0 Å². The summed E-state index contributed by atoms with van der Waals surface area (Å²) in [5, 5.41) is 9.36. The van der Waals surface area contributed by atoms with Gasteiger partial charge in [-0.1, -0.05) is 6.07 Å². The molecule has 3 aliphatic rings. The molecular formula is C28H33N5O3. The van der Waals surface area contributed by atoms with E-state index in [2.05, 4.69) is 33.1 Å². The molecule has 8 heteroatoms. The Balaban J connectivity index is 1.27. The molecule has 0 radical (unpaired) electrons. The summed E-state index contributed by atoms with van der Waals surface area (Å²) in [6, 6.07) is 10.5. The number of nitrogens with zero attached hydrogens (tertiary/aromatic N) is 5. The summed E-state index contributed by atoms with van der Waals surface area (Å²) in [5.41, 5.74) is 6.46. The number of fused-ring (bicyclic) bond motifs is 1. The topological polar surface area (TPSA) is 89.3 Å². The van der Waals surface area contributed by atoms with E-state index in [9.17, 15) is 14.7 Å². The zero-order valence-electron chi connectivity index (χ0n) is 21.1. The van der Waals surface area contributed by atoms with E-state index in [4.69, 9.17) is 0 Å². The van der Waals surface area contributed by atoms with Gasteiger partial charge in [0.15, 0.2) is 0 Å². The predicted molar refractivity (Wildman–Crippen MR) is 139 cm³/mol. The van der Waals surface area contributed by atoms with Gasteiger partial charge in [-0.3, -0.25) is 14.8 Å². The molecule has 1 saturated heterocycles. The smallest absolute Gasteiger partial charge is 0.338 e. The minimum Gasteiger partial charge on any atom is -0.478 e. The van der Waals surface area contributed by atoms with E-state index in [-0.39, 0.29) is 23.6 Å². The van der Waals surface area contributed by atoms with Crippen LogP contribution < -0.4 is 4.90 Å². The van der Waals surface area contributed by atoms with Crippen LogP contribution in [0, 0.1) is 13.8 Å². The van der Waals surface area contributed by atoms with Crippen LogP contribution in [-0.2, 0) is 11.2 Å². The molecule has 1 N–H and O–H groups in total. The van der Waals surface area contributed by atoms with Crippen LogP contribution in [0.2, 0.25) is 0 Å². The fourth-order valence-corrected chi connectivity index (χ4v) is 5.72. The third-order valence-corrected chi connectivity index (χ3v) is 7.63.